The van der Waals surface area contributed by atoms with E-state index in [4.69, 9.17) is 13.8 Å². The van der Waals surface area contributed by atoms with Crippen LogP contribution in [-0.2, 0) is 32.9 Å². The third kappa shape index (κ3) is 38.6. The minimum atomic E-state index is -1.58. The first kappa shape index (κ1) is 20.2. The summed E-state index contributed by atoms with van der Waals surface area (Å²) in [6, 6.07) is 0. The van der Waals surface area contributed by atoms with E-state index in [0.717, 1.165) is 20.4 Å². The normalized spacial score (nSPS) is 10.5. The van der Waals surface area contributed by atoms with Gasteiger partial charge in [0.05, 0.1) is 0 Å². The summed E-state index contributed by atoms with van der Waals surface area (Å²) >= 11 is 0.750. The zero-order valence-corrected chi connectivity index (χ0v) is 13.2. The monoisotopic (exact) mass is 276 g/mol. The van der Waals surface area contributed by atoms with Gasteiger partial charge in [0.25, 0.3) is 0 Å². The molecule has 0 aromatic rings. The van der Waals surface area contributed by atoms with Crippen LogP contribution in [0.25, 0.3) is 0 Å². The quantitative estimate of drug-likeness (QED) is 0.460. The average Bonchev–Trinajstić information content (AvgIpc) is 2.07. The Hall–Kier alpha value is 0.788. The summed E-state index contributed by atoms with van der Waals surface area (Å²) in [5.41, 5.74) is 0. The molecule has 86 valence electrons. The molecule has 0 fully saturated rings. The Morgan fingerprint density at radius 3 is 0.857 bits per heavy atom. The second kappa shape index (κ2) is 10.3. The molecule has 0 aromatic heterocycles. The third-order valence-electron chi connectivity index (χ3n) is 0.548. The molecule has 0 spiro atoms. The zero-order chi connectivity index (χ0) is 12.4. The molecule has 8 heteroatoms. The summed E-state index contributed by atoms with van der Waals surface area (Å²) in [5, 5.41) is 15.9. The summed E-state index contributed by atoms with van der Waals surface area (Å²) in [4.78, 5) is 0. The Bertz CT molecular complexity index is 108. The molecule has 0 bridgehead atoms. The van der Waals surface area contributed by atoms with E-state index in [9.17, 15) is 0 Å². The van der Waals surface area contributed by atoms with E-state index in [1.54, 1.807) is 0 Å². The fourth-order valence-corrected chi connectivity index (χ4v) is 0. The van der Waals surface area contributed by atoms with Gasteiger partial charge in [-0.1, -0.05) is 0 Å². The van der Waals surface area contributed by atoms with E-state index < -0.39 is 16.6 Å². The van der Waals surface area contributed by atoms with Crippen LogP contribution in [0.1, 0.15) is 0 Å². The van der Waals surface area contributed by atoms with Crippen LogP contribution in [-0.4, -0.2) is 27.1 Å². The van der Waals surface area contributed by atoms with Crippen LogP contribution in [0.5, 0.6) is 0 Å². The molecule has 5 nitrogen and oxygen atoms in total. The number of hydrogen-bond acceptors (Lipinski definition) is 5. The van der Waals surface area contributed by atoms with Crippen molar-refractivity contribution in [1.82, 2.24) is 0 Å². The average molecular weight is 276 g/mol. The summed E-state index contributed by atoms with van der Waals surface area (Å²) in [6.45, 7) is 11.5. The summed E-state index contributed by atoms with van der Waals surface area (Å²) < 4.78 is 16.4. The van der Waals surface area contributed by atoms with Crippen molar-refractivity contribution in [3.63, 3.8) is 0 Å². The number of rotatable bonds is 2. The molecule has 0 aliphatic heterocycles. The third-order valence-corrected chi connectivity index (χ3v) is 1.64. The van der Waals surface area contributed by atoms with Gasteiger partial charge in [0.1, 0.15) is 0 Å². The summed E-state index contributed by atoms with van der Waals surface area (Å²) in [6.07, 6.45) is 0. The van der Waals surface area contributed by atoms with E-state index >= 15 is 0 Å². The first-order chi connectivity index (χ1) is 6.12. The van der Waals surface area contributed by atoms with Gasteiger partial charge in [-0.15, -0.1) is 0 Å². The second-order valence-corrected chi connectivity index (χ2v) is 13.2. The van der Waals surface area contributed by atoms with Gasteiger partial charge in [-0.3, -0.25) is 19.7 Å². The molecular formula is C6H20O5Si2Ti. The molecule has 0 aromatic carbocycles. The van der Waals surface area contributed by atoms with Crippen molar-refractivity contribution in [2.45, 2.75) is 39.3 Å². The Kier molecular flexibility index (Phi) is 14.9. The van der Waals surface area contributed by atoms with E-state index in [0.29, 0.717) is 0 Å². The zero-order valence-electron chi connectivity index (χ0n) is 9.62. The second-order valence-electron chi connectivity index (χ2n) is 4.41. The van der Waals surface area contributed by atoms with Crippen molar-refractivity contribution < 1.29 is 43.4 Å². The van der Waals surface area contributed by atoms with Crippen molar-refractivity contribution in [3.8, 4) is 0 Å². The van der Waals surface area contributed by atoms with Crippen molar-refractivity contribution in [2.75, 3.05) is 0 Å². The first-order valence-corrected chi connectivity index (χ1v) is 11.4. The maximum absolute atomic E-state index is 8.25. The molecule has 14 heavy (non-hydrogen) atoms. The molecule has 0 heterocycles. The van der Waals surface area contributed by atoms with Crippen molar-refractivity contribution >= 4 is 16.6 Å². The molecule has 0 rings (SSSR count). The molecule has 0 radical (unpaired) electrons. The predicted octanol–water partition coefficient (Wildman–Crippen LogP) is 2.50. The summed E-state index contributed by atoms with van der Waals surface area (Å²) in [5.74, 6) is 0. The van der Waals surface area contributed by atoms with Gasteiger partial charge in [0.15, 0.2) is 0 Å². The van der Waals surface area contributed by atoms with E-state index in [-0.39, 0.29) is 0 Å². The standard InChI is InChI=1S/2C3H10O2Si.O.Ti/c2*1-6(2,3)5-4;;/h2*4H,1-3H3;;. The van der Waals surface area contributed by atoms with Gasteiger partial charge in [0.2, 0.25) is 16.6 Å². The van der Waals surface area contributed by atoms with E-state index in [1.165, 1.54) is 0 Å². The number of hydrogen-bond donors (Lipinski definition) is 2. The maximum atomic E-state index is 8.25. The van der Waals surface area contributed by atoms with Gasteiger partial charge in [-0.2, -0.15) is 0 Å². The molecule has 0 saturated carbocycles. The Morgan fingerprint density at radius 2 is 0.857 bits per heavy atom. The van der Waals surface area contributed by atoms with Crippen LogP contribution < -0.4 is 0 Å². The van der Waals surface area contributed by atoms with Gasteiger partial charge in [0, 0.05) is 0 Å². The SMILES string of the molecule is C[Si](C)(C)OO.C[Si](C)(C)OO.[O]=[Ti]. The van der Waals surface area contributed by atoms with Gasteiger partial charge in [-0.25, -0.2) is 0 Å². The summed E-state index contributed by atoms with van der Waals surface area (Å²) in [7, 11) is -3.15. The molecule has 0 saturated heterocycles. The van der Waals surface area contributed by atoms with Crippen molar-refractivity contribution in [1.29, 1.82) is 0 Å². The van der Waals surface area contributed by atoms with Crippen LogP contribution in [0.4, 0.5) is 0 Å². The van der Waals surface area contributed by atoms with Gasteiger partial charge >= 0.3 is 23.7 Å². The predicted molar refractivity (Wildman–Crippen MR) is 54.8 cm³/mol. The minimum absolute atomic E-state index is 0.750. The Balaban J connectivity index is -0.000000147. The fourth-order valence-electron chi connectivity index (χ4n) is 0. The van der Waals surface area contributed by atoms with Crippen molar-refractivity contribution in [3.05, 3.63) is 0 Å². The molecule has 0 atom stereocenters. The Morgan fingerprint density at radius 1 is 0.786 bits per heavy atom. The molecule has 0 aliphatic rings. The Labute approximate surface area is 99.3 Å². The van der Waals surface area contributed by atoms with E-state index in [2.05, 4.69) is 9.15 Å². The van der Waals surface area contributed by atoms with Gasteiger partial charge in [-0.05, 0) is 39.3 Å². The first-order valence-electron chi connectivity index (χ1n) is 3.98. The molecular weight excluding hydrogens is 256 g/mol. The van der Waals surface area contributed by atoms with Crippen molar-refractivity contribution in [2.24, 2.45) is 0 Å². The van der Waals surface area contributed by atoms with Crippen LogP contribution in [0.2, 0.25) is 39.3 Å². The van der Waals surface area contributed by atoms with Crippen LogP contribution in [0, 0.1) is 0 Å². The van der Waals surface area contributed by atoms with Crippen LogP contribution in [0.3, 0.4) is 0 Å². The molecule has 0 aliphatic carbocycles. The van der Waals surface area contributed by atoms with Crippen LogP contribution >= 0.6 is 0 Å². The topological polar surface area (TPSA) is 76.0 Å². The fraction of sp³-hybridized carbons (Fsp3) is 1.00. The molecule has 2 N–H and O–H groups in total. The molecule has 0 unspecified atom stereocenters. The van der Waals surface area contributed by atoms with Gasteiger partial charge < -0.3 is 0 Å². The van der Waals surface area contributed by atoms with Crippen LogP contribution in [0.15, 0.2) is 0 Å². The molecule has 0 amide bonds. The van der Waals surface area contributed by atoms with E-state index in [1.807, 2.05) is 39.3 Å².